The molecule has 0 aromatic heterocycles. The Bertz CT molecular complexity index is 168. The Morgan fingerprint density at radius 1 is 0.600 bits per heavy atom. The highest BCUT2D eigenvalue weighted by atomic mass is 28.2. The van der Waals surface area contributed by atoms with Crippen molar-refractivity contribution in [3.05, 3.63) is 0 Å². The number of rotatable bonds is 15. The Labute approximate surface area is 129 Å². The molecule has 0 aliphatic heterocycles. The monoisotopic (exact) mass is 318 g/mol. The molecule has 0 atom stereocenters. The van der Waals surface area contributed by atoms with Gasteiger partial charge in [0.1, 0.15) is 0 Å². The third-order valence-corrected chi connectivity index (χ3v) is 6.24. The summed E-state index contributed by atoms with van der Waals surface area (Å²) in [5.41, 5.74) is 0. The Kier molecular flexibility index (Phi) is 15.9. The smallest absolute Gasteiger partial charge is 0.156 e. The largest absolute Gasteiger partial charge is 0.356 e. The Balaban J connectivity index is 3.17. The molecule has 0 N–H and O–H groups in total. The van der Waals surface area contributed by atoms with Crippen molar-refractivity contribution in [2.24, 2.45) is 0 Å². The van der Waals surface area contributed by atoms with Crippen molar-refractivity contribution in [3.63, 3.8) is 0 Å². The van der Waals surface area contributed by atoms with Crippen molar-refractivity contribution in [2.45, 2.75) is 62.4 Å². The fraction of sp³-hybridized carbons (Fsp3) is 1.00. The first-order chi connectivity index (χ1) is 9.78. The molecule has 0 saturated heterocycles. The van der Waals surface area contributed by atoms with Crippen molar-refractivity contribution in [1.82, 2.24) is 0 Å². The van der Waals surface area contributed by atoms with Gasteiger partial charge in [-0.3, -0.25) is 0 Å². The van der Waals surface area contributed by atoms with E-state index in [9.17, 15) is 0 Å². The first kappa shape index (κ1) is 20.3. The number of methoxy groups -OCH3 is 4. The van der Waals surface area contributed by atoms with Gasteiger partial charge in [-0.1, -0.05) is 37.0 Å². The predicted octanol–water partition coefficient (Wildman–Crippen LogP) is 2.87. The van der Waals surface area contributed by atoms with Crippen LogP contribution in [0.1, 0.15) is 25.7 Å². The Morgan fingerprint density at radius 3 is 1.25 bits per heavy atom. The molecule has 118 valence electrons. The topological polar surface area (TPSA) is 36.9 Å². The van der Waals surface area contributed by atoms with Crippen LogP contribution in [-0.4, -0.2) is 60.1 Å². The van der Waals surface area contributed by atoms with Crippen LogP contribution in [0, 0.1) is 0 Å². The van der Waals surface area contributed by atoms with E-state index in [0.717, 1.165) is 31.9 Å². The second kappa shape index (κ2) is 15.7. The minimum absolute atomic E-state index is 0.0174. The molecule has 0 spiro atoms. The van der Waals surface area contributed by atoms with Gasteiger partial charge in [-0.2, -0.15) is 0 Å². The van der Waals surface area contributed by atoms with Gasteiger partial charge in [-0.05, 0) is 12.8 Å². The van der Waals surface area contributed by atoms with Gasteiger partial charge in [-0.15, -0.1) is 0 Å². The molecule has 0 saturated carbocycles. The summed E-state index contributed by atoms with van der Waals surface area (Å²) < 4.78 is 20.7. The maximum absolute atomic E-state index is 5.17. The maximum Gasteiger partial charge on any atom is 0.156 e. The summed E-state index contributed by atoms with van der Waals surface area (Å²) in [5, 5.41) is 0. The van der Waals surface area contributed by atoms with Crippen LogP contribution >= 0.6 is 0 Å². The van der Waals surface area contributed by atoms with Gasteiger partial charge >= 0.3 is 0 Å². The molecule has 0 aliphatic carbocycles. The minimum atomic E-state index is -0.0174. The lowest BCUT2D eigenvalue weighted by molar-refractivity contribution is -0.106. The molecule has 6 heteroatoms. The Hall–Kier alpha value is 0.274. The molecule has 0 rings (SSSR count). The average Bonchev–Trinajstić information content (AvgIpc) is 2.49. The van der Waals surface area contributed by atoms with Gasteiger partial charge in [0.25, 0.3) is 0 Å². The number of hydrogen-bond donors (Lipinski definition) is 0. The summed E-state index contributed by atoms with van der Waals surface area (Å²) in [5.74, 6) is 0. The van der Waals surface area contributed by atoms with E-state index in [1.54, 1.807) is 28.4 Å². The zero-order valence-corrected chi connectivity index (χ0v) is 15.4. The summed E-state index contributed by atoms with van der Waals surface area (Å²) in [6, 6.07) is 5.37. The summed E-state index contributed by atoms with van der Waals surface area (Å²) in [6.07, 6.45) is 4.40. The van der Waals surface area contributed by atoms with Crippen molar-refractivity contribution >= 4 is 19.0 Å². The molecule has 0 heterocycles. The van der Waals surface area contributed by atoms with Gasteiger partial charge in [-0.25, -0.2) is 0 Å². The number of hydrogen-bond acceptors (Lipinski definition) is 4. The molecular weight excluding hydrogens is 288 g/mol. The van der Waals surface area contributed by atoms with E-state index in [-0.39, 0.29) is 12.6 Å². The summed E-state index contributed by atoms with van der Waals surface area (Å²) >= 11 is 0. The molecule has 0 unspecified atom stereocenters. The highest BCUT2D eigenvalue weighted by molar-refractivity contribution is 6.42. The average molecular weight is 319 g/mol. The molecule has 0 aromatic rings. The van der Waals surface area contributed by atoms with Crippen molar-refractivity contribution < 1.29 is 18.9 Å². The van der Waals surface area contributed by atoms with Gasteiger partial charge in [0.15, 0.2) is 12.6 Å². The Morgan fingerprint density at radius 2 is 0.950 bits per heavy atom. The fourth-order valence-electron chi connectivity index (χ4n) is 1.88. The lowest BCUT2D eigenvalue weighted by Crippen LogP contribution is -2.12. The van der Waals surface area contributed by atoms with Crippen molar-refractivity contribution in [2.75, 3.05) is 28.4 Å². The predicted molar refractivity (Wildman–Crippen MR) is 84.8 cm³/mol. The SMILES string of the molecule is COC(CCC[Si]CC[Si]CCCC(OC)OC)OC. The van der Waals surface area contributed by atoms with E-state index >= 15 is 0 Å². The van der Waals surface area contributed by atoms with Crippen LogP contribution in [-0.2, 0) is 18.9 Å². The van der Waals surface area contributed by atoms with E-state index in [4.69, 9.17) is 18.9 Å². The fourth-order valence-corrected chi connectivity index (χ4v) is 4.70. The first-order valence-corrected chi connectivity index (χ1v) is 10.1. The van der Waals surface area contributed by atoms with Crippen LogP contribution in [0.3, 0.4) is 0 Å². The van der Waals surface area contributed by atoms with Crippen molar-refractivity contribution in [3.8, 4) is 0 Å². The van der Waals surface area contributed by atoms with Gasteiger partial charge in [0, 0.05) is 47.5 Å². The van der Waals surface area contributed by atoms with Crippen LogP contribution in [0.25, 0.3) is 0 Å². The molecule has 4 nitrogen and oxygen atoms in total. The quantitative estimate of drug-likeness (QED) is 0.264. The third kappa shape index (κ3) is 12.0. The molecule has 0 bridgehead atoms. The van der Waals surface area contributed by atoms with Crippen LogP contribution < -0.4 is 0 Å². The molecule has 0 aromatic carbocycles. The second-order valence-corrected chi connectivity index (χ2v) is 7.59. The highest BCUT2D eigenvalue weighted by Crippen LogP contribution is 2.08. The van der Waals surface area contributed by atoms with Gasteiger partial charge in [0.2, 0.25) is 0 Å². The van der Waals surface area contributed by atoms with E-state index in [0.29, 0.717) is 0 Å². The molecular formula is C14H30O4Si2. The summed E-state index contributed by atoms with van der Waals surface area (Å²) in [4.78, 5) is 0. The van der Waals surface area contributed by atoms with Crippen LogP contribution in [0.2, 0.25) is 24.2 Å². The van der Waals surface area contributed by atoms with Crippen LogP contribution in [0.15, 0.2) is 0 Å². The van der Waals surface area contributed by atoms with E-state index in [1.165, 1.54) is 37.0 Å². The van der Waals surface area contributed by atoms with Gasteiger partial charge in [0.05, 0.1) is 0 Å². The summed E-state index contributed by atoms with van der Waals surface area (Å²) in [7, 11) is 8.99. The number of ether oxygens (including phenoxy) is 4. The lowest BCUT2D eigenvalue weighted by Gasteiger charge is -2.12. The zero-order chi connectivity index (χ0) is 15.1. The molecule has 4 radical (unpaired) electrons. The van der Waals surface area contributed by atoms with E-state index in [2.05, 4.69) is 0 Å². The van der Waals surface area contributed by atoms with Crippen molar-refractivity contribution in [1.29, 1.82) is 0 Å². The molecule has 0 fully saturated rings. The maximum atomic E-state index is 5.17. The lowest BCUT2D eigenvalue weighted by atomic mass is 10.3. The first-order valence-electron chi connectivity index (χ1n) is 7.31. The second-order valence-electron chi connectivity index (χ2n) is 4.59. The normalized spacial score (nSPS) is 11.7. The van der Waals surface area contributed by atoms with Gasteiger partial charge < -0.3 is 18.9 Å². The zero-order valence-electron chi connectivity index (χ0n) is 13.4. The highest BCUT2D eigenvalue weighted by Gasteiger charge is 2.05. The van der Waals surface area contributed by atoms with Crippen LogP contribution in [0.5, 0.6) is 0 Å². The molecule has 0 aliphatic rings. The van der Waals surface area contributed by atoms with E-state index < -0.39 is 0 Å². The summed E-state index contributed by atoms with van der Waals surface area (Å²) in [6.45, 7) is 0. The van der Waals surface area contributed by atoms with E-state index in [1.807, 2.05) is 0 Å². The molecule has 20 heavy (non-hydrogen) atoms. The standard InChI is InChI=1S/C14H30O4Si2/c1-15-13(16-2)7-5-9-19-11-12-20-10-6-8-14(17-3)18-4/h13-14H,5-12H2,1-4H3. The minimum Gasteiger partial charge on any atom is -0.356 e. The molecule has 0 amide bonds. The van der Waals surface area contributed by atoms with Crippen LogP contribution in [0.4, 0.5) is 0 Å². The third-order valence-electron chi connectivity index (χ3n) is 3.12.